The third kappa shape index (κ3) is 2.39. The van der Waals surface area contributed by atoms with Crippen molar-refractivity contribution in [3.05, 3.63) is 34.2 Å². The summed E-state index contributed by atoms with van der Waals surface area (Å²) in [6.45, 7) is 6.22. The Morgan fingerprint density at radius 1 is 1.41 bits per heavy atom. The van der Waals surface area contributed by atoms with Gasteiger partial charge in [0.1, 0.15) is 5.69 Å². The Morgan fingerprint density at radius 2 is 2.18 bits per heavy atom. The van der Waals surface area contributed by atoms with Gasteiger partial charge in [-0.25, -0.2) is 0 Å². The Balaban J connectivity index is 2.28. The molecule has 2 rings (SSSR count). The van der Waals surface area contributed by atoms with E-state index in [1.807, 2.05) is 13.8 Å². The number of rotatable bonds is 1. The van der Waals surface area contributed by atoms with Crippen molar-refractivity contribution in [2.45, 2.75) is 19.4 Å². The van der Waals surface area contributed by atoms with Crippen molar-refractivity contribution in [2.75, 3.05) is 19.6 Å². The molecular formula is C12H17N3O2. The van der Waals surface area contributed by atoms with Gasteiger partial charge in [-0.15, -0.1) is 0 Å². The third-order valence-electron chi connectivity index (χ3n) is 3.04. The maximum Gasteiger partial charge on any atom is 0.270 e. The van der Waals surface area contributed by atoms with Crippen LogP contribution in [0.4, 0.5) is 0 Å². The second-order valence-electron chi connectivity index (χ2n) is 4.87. The maximum absolute atomic E-state index is 12.3. The molecule has 1 fully saturated rings. The van der Waals surface area contributed by atoms with Crippen LogP contribution in [0.3, 0.4) is 0 Å². The van der Waals surface area contributed by atoms with Gasteiger partial charge in [-0.05, 0) is 19.9 Å². The third-order valence-corrected chi connectivity index (χ3v) is 3.04. The molecule has 0 radical (unpaired) electrons. The number of piperazine rings is 1. The van der Waals surface area contributed by atoms with Crippen LogP contribution in [0, 0.1) is 0 Å². The minimum absolute atomic E-state index is 0.116. The summed E-state index contributed by atoms with van der Waals surface area (Å²) >= 11 is 0. The van der Waals surface area contributed by atoms with Crippen molar-refractivity contribution in [3.8, 4) is 0 Å². The van der Waals surface area contributed by atoms with Crippen LogP contribution in [0.2, 0.25) is 0 Å². The van der Waals surface area contributed by atoms with Gasteiger partial charge in [0.2, 0.25) is 5.56 Å². The van der Waals surface area contributed by atoms with E-state index in [9.17, 15) is 9.59 Å². The first-order valence-corrected chi connectivity index (χ1v) is 5.73. The molecule has 0 bridgehead atoms. The summed E-state index contributed by atoms with van der Waals surface area (Å²) in [5.41, 5.74) is -0.126. The summed E-state index contributed by atoms with van der Waals surface area (Å²) in [4.78, 5) is 27.9. The molecule has 17 heavy (non-hydrogen) atoms. The quantitative estimate of drug-likeness (QED) is 0.730. The van der Waals surface area contributed by atoms with Crippen LogP contribution in [-0.4, -0.2) is 41.0 Å². The van der Waals surface area contributed by atoms with Crippen LogP contribution in [-0.2, 0) is 0 Å². The van der Waals surface area contributed by atoms with Crippen LogP contribution in [0.1, 0.15) is 24.3 Å². The monoisotopic (exact) mass is 235 g/mol. The molecule has 0 aromatic carbocycles. The molecule has 0 saturated carbocycles. The van der Waals surface area contributed by atoms with Crippen molar-refractivity contribution in [3.63, 3.8) is 0 Å². The number of hydrogen-bond donors (Lipinski definition) is 2. The molecule has 1 aromatic heterocycles. The number of carbonyl (C=O) groups is 1. The molecule has 1 aliphatic rings. The number of amides is 1. The lowest BCUT2D eigenvalue weighted by atomic mass is 9.99. The Kier molecular flexibility index (Phi) is 3.02. The second-order valence-corrected chi connectivity index (χ2v) is 4.87. The van der Waals surface area contributed by atoms with Crippen molar-refractivity contribution >= 4 is 5.91 Å². The topological polar surface area (TPSA) is 65.2 Å². The first-order valence-electron chi connectivity index (χ1n) is 5.73. The van der Waals surface area contributed by atoms with Crippen LogP contribution < -0.4 is 10.9 Å². The molecule has 1 saturated heterocycles. The molecule has 1 aliphatic heterocycles. The average molecular weight is 235 g/mol. The Hall–Kier alpha value is -1.62. The fourth-order valence-corrected chi connectivity index (χ4v) is 2.08. The van der Waals surface area contributed by atoms with E-state index in [1.54, 1.807) is 17.0 Å². The van der Waals surface area contributed by atoms with E-state index in [1.165, 1.54) is 6.07 Å². The zero-order chi connectivity index (χ0) is 12.5. The SMILES string of the molecule is CC1(C)CNCCN1C(=O)c1cccc(=O)[nH]1. The number of carbonyl (C=O) groups excluding carboxylic acids is 1. The van der Waals surface area contributed by atoms with Gasteiger partial charge in [0.15, 0.2) is 0 Å². The van der Waals surface area contributed by atoms with Gasteiger partial charge in [0.05, 0.1) is 5.54 Å². The normalized spacial score (nSPS) is 19.1. The summed E-state index contributed by atoms with van der Waals surface area (Å²) < 4.78 is 0. The van der Waals surface area contributed by atoms with Gasteiger partial charge in [0, 0.05) is 25.7 Å². The number of nitrogens with one attached hydrogen (secondary N) is 2. The van der Waals surface area contributed by atoms with Gasteiger partial charge in [0.25, 0.3) is 5.91 Å². The number of H-pyrrole nitrogens is 1. The highest BCUT2D eigenvalue weighted by Crippen LogP contribution is 2.18. The largest absolute Gasteiger partial charge is 0.330 e. The highest BCUT2D eigenvalue weighted by molar-refractivity contribution is 5.92. The van der Waals surface area contributed by atoms with E-state index < -0.39 is 0 Å². The molecule has 5 nitrogen and oxygen atoms in total. The smallest absolute Gasteiger partial charge is 0.270 e. The Morgan fingerprint density at radius 3 is 2.82 bits per heavy atom. The Labute approximate surface area is 99.8 Å². The summed E-state index contributed by atoms with van der Waals surface area (Å²) in [6.07, 6.45) is 0. The van der Waals surface area contributed by atoms with Crippen LogP contribution in [0.15, 0.2) is 23.0 Å². The van der Waals surface area contributed by atoms with Gasteiger partial charge in [-0.3, -0.25) is 9.59 Å². The van der Waals surface area contributed by atoms with Gasteiger partial charge < -0.3 is 15.2 Å². The van der Waals surface area contributed by atoms with Gasteiger partial charge >= 0.3 is 0 Å². The second kappa shape index (κ2) is 4.33. The zero-order valence-electron chi connectivity index (χ0n) is 10.1. The molecular weight excluding hydrogens is 218 g/mol. The molecule has 92 valence electrons. The zero-order valence-corrected chi connectivity index (χ0v) is 10.1. The maximum atomic E-state index is 12.3. The average Bonchev–Trinajstić information content (AvgIpc) is 2.27. The minimum Gasteiger partial charge on any atom is -0.330 e. The first-order chi connectivity index (χ1) is 8.00. The lowest BCUT2D eigenvalue weighted by molar-refractivity contribution is 0.0471. The van der Waals surface area contributed by atoms with Crippen LogP contribution in [0.25, 0.3) is 0 Å². The van der Waals surface area contributed by atoms with Crippen LogP contribution in [0.5, 0.6) is 0 Å². The summed E-state index contributed by atoms with van der Waals surface area (Å²) in [7, 11) is 0. The van der Waals surface area contributed by atoms with Crippen molar-refractivity contribution < 1.29 is 4.79 Å². The predicted molar refractivity (Wildman–Crippen MR) is 65.0 cm³/mol. The van der Waals surface area contributed by atoms with E-state index in [0.29, 0.717) is 12.2 Å². The van der Waals surface area contributed by atoms with E-state index in [4.69, 9.17) is 0 Å². The van der Waals surface area contributed by atoms with Crippen molar-refractivity contribution in [1.29, 1.82) is 0 Å². The van der Waals surface area contributed by atoms with Gasteiger partial charge in [-0.1, -0.05) is 6.07 Å². The Bertz CT molecular complexity index is 479. The first kappa shape index (κ1) is 11.9. The van der Waals surface area contributed by atoms with E-state index in [-0.39, 0.29) is 17.0 Å². The number of aromatic nitrogens is 1. The number of aromatic amines is 1. The molecule has 0 aliphatic carbocycles. The fourth-order valence-electron chi connectivity index (χ4n) is 2.08. The van der Waals surface area contributed by atoms with Gasteiger partial charge in [-0.2, -0.15) is 0 Å². The molecule has 0 unspecified atom stereocenters. The summed E-state index contributed by atoms with van der Waals surface area (Å²) in [5.74, 6) is -0.116. The lowest BCUT2D eigenvalue weighted by Gasteiger charge is -2.42. The fraction of sp³-hybridized carbons (Fsp3) is 0.500. The highest BCUT2D eigenvalue weighted by atomic mass is 16.2. The lowest BCUT2D eigenvalue weighted by Crippen LogP contribution is -2.60. The number of pyridine rings is 1. The number of hydrogen-bond acceptors (Lipinski definition) is 3. The highest BCUT2D eigenvalue weighted by Gasteiger charge is 2.33. The molecule has 5 heteroatoms. The molecule has 2 heterocycles. The molecule has 0 atom stereocenters. The van der Waals surface area contributed by atoms with E-state index in [0.717, 1.165) is 13.1 Å². The van der Waals surface area contributed by atoms with Crippen LogP contribution >= 0.6 is 0 Å². The molecule has 1 amide bonds. The van der Waals surface area contributed by atoms with Crippen molar-refractivity contribution in [2.24, 2.45) is 0 Å². The predicted octanol–water partition coefficient (Wildman–Crippen LogP) is 0.199. The molecule has 0 spiro atoms. The van der Waals surface area contributed by atoms with E-state index >= 15 is 0 Å². The molecule has 1 aromatic rings. The standard InChI is InChI=1S/C12H17N3O2/c1-12(2)8-13-6-7-15(12)11(17)9-4-3-5-10(16)14-9/h3-5,13H,6-8H2,1-2H3,(H,14,16). The number of nitrogens with zero attached hydrogens (tertiary/aromatic N) is 1. The minimum atomic E-state index is -0.246. The summed E-state index contributed by atoms with van der Waals surface area (Å²) in [6, 6.07) is 4.64. The van der Waals surface area contributed by atoms with Crippen molar-refractivity contribution in [1.82, 2.24) is 15.2 Å². The molecule has 2 N–H and O–H groups in total. The van der Waals surface area contributed by atoms with E-state index in [2.05, 4.69) is 10.3 Å². The summed E-state index contributed by atoms with van der Waals surface area (Å²) in [5, 5.41) is 3.26.